The average molecular weight is 420 g/mol. The Kier molecular flexibility index (Phi) is 4.76. The number of amides is 2. The highest BCUT2D eigenvalue weighted by atomic mass is 16.2. The molecular weight excluding hydrogens is 396 g/mol. The van der Waals surface area contributed by atoms with Crippen LogP contribution in [0.25, 0.3) is 0 Å². The quantitative estimate of drug-likeness (QED) is 0.665. The van der Waals surface area contributed by atoms with Gasteiger partial charge >= 0.3 is 0 Å². The Labute approximate surface area is 179 Å². The molecule has 3 aromatic heterocycles. The summed E-state index contributed by atoms with van der Waals surface area (Å²) >= 11 is 0. The molecule has 0 aromatic carbocycles. The van der Waals surface area contributed by atoms with Crippen LogP contribution >= 0.6 is 0 Å². The number of likely N-dealkylation sites (N-methyl/N-ethyl adjacent to an activating group) is 1. The number of anilines is 1. The van der Waals surface area contributed by atoms with E-state index >= 15 is 0 Å². The van der Waals surface area contributed by atoms with Crippen LogP contribution in [0, 0.1) is 6.92 Å². The fourth-order valence-electron chi connectivity index (χ4n) is 3.85. The Morgan fingerprint density at radius 2 is 2.06 bits per heavy atom. The van der Waals surface area contributed by atoms with Crippen molar-refractivity contribution in [3.8, 4) is 0 Å². The molecule has 1 saturated carbocycles. The number of nitrogens with one attached hydrogen (secondary N) is 1. The van der Waals surface area contributed by atoms with Gasteiger partial charge in [0.25, 0.3) is 11.8 Å². The highest BCUT2D eigenvalue weighted by Crippen LogP contribution is 2.40. The maximum absolute atomic E-state index is 13.0. The maximum atomic E-state index is 13.0. The molecule has 2 amide bonds. The van der Waals surface area contributed by atoms with E-state index in [2.05, 4.69) is 25.5 Å². The van der Waals surface area contributed by atoms with E-state index in [9.17, 15) is 9.59 Å². The van der Waals surface area contributed by atoms with Crippen molar-refractivity contribution in [3.05, 3.63) is 53.5 Å². The zero-order valence-corrected chi connectivity index (χ0v) is 17.5. The highest BCUT2D eigenvalue weighted by Gasteiger charge is 2.34. The Balaban J connectivity index is 1.25. The third-order valence-corrected chi connectivity index (χ3v) is 5.69. The van der Waals surface area contributed by atoms with Crippen molar-refractivity contribution in [2.24, 2.45) is 0 Å². The first kappa shape index (κ1) is 19.4. The van der Waals surface area contributed by atoms with E-state index < -0.39 is 11.9 Å². The van der Waals surface area contributed by atoms with E-state index in [1.54, 1.807) is 16.6 Å². The summed E-state index contributed by atoms with van der Waals surface area (Å²) < 4.78 is 3.42. The smallest absolute Gasteiger partial charge is 0.291 e. The number of aryl methyl sites for hydroxylation is 2. The number of nitrogens with zero attached hydrogens (tertiary/aromatic N) is 7. The summed E-state index contributed by atoms with van der Waals surface area (Å²) in [5, 5.41) is 11.7. The highest BCUT2D eigenvalue weighted by molar-refractivity contribution is 6.00. The Bertz CT molecular complexity index is 1150. The van der Waals surface area contributed by atoms with Crippen molar-refractivity contribution < 1.29 is 9.59 Å². The number of fused-ring (bicyclic) bond motifs is 1. The molecule has 1 aliphatic carbocycles. The lowest BCUT2D eigenvalue weighted by Gasteiger charge is -2.19. The Hall–Kier alpha value is -3.56. The predicted molar refractivity (Wildman–Crippen MR) is 112 cm³/mol. The summed E-state index contributed by atoms with van der Waals surface area (Å²) in [5.74, 6) is 0.686. The first-order chi connectivity index (χ1) is 15.0. The molecule has 1 atom stereocenters. The zero-order valence-electron chi connectivity index (χ0n) is 17.5. The molecule has 0 bridgehead atoms. The second kappa shape index (κ2) is 7.60. The van der Waals surface area contributed by atoms with Crippen molar-refractivity contribution in [2.45, 2.75) is 51.2 Å². The molecule has 160 valence electrons. The van der Waals surface area contributed by atoms with E-state index in [0.717, 1.165) is 35.7 Å². The number of carbonyl (C=O) groups is 2. The van der Waals surface area contributed by atoms with E-state index in [0.29, 0.717) is 25.4 Å². The van der Waals surface area contributed by atoms with Gasteiger partial charge < -0.3 is 5.32 Å². The van der Waals surface area contributed by atoms with E-state index in [4.69, 9.17) is 0 Å². The van der Waals surface area contributed by atoms with Crippen LogP contribution in [0.5, 0.6) is 0 Å². The van der Waals surface area contributed by atoms with Gasteiger partial charge in [0.1, 0.15) is 18.2 Å². The summed E-state index contributed by atoms with van der Waals surface area (Å²) in [6, 6.07) is 7.07. The van der Waals surface area contributed by atoms with E-state index in [1.807, 2.05) is 35.9 Å². The van der Waals surface area contributed by atoms with Crippen LogP contribution in [0.3, 0.4) is 0 Å². The summed E-state index contributed by atoms with van der Waals surface area (Å²) in [4.78, 5) is 35.8. The van der Waals surface area contributed by atoms with Crippen LogP contribution in [0.15, 0.2) is 30.6 Å². The van der Waals surface area contributed by atoms with Crippen molar-refractivity contribution >= 4 is 17.6 Å². The van der Waals surface area contributed by atoms with Crippen LogP contribution < -0.4 is 10.2 Å². The Morgan fingerprint density at radius 3 is 2.84 bits per heavy atom. The monoisotopic (exact) mass is 420 g/mol. The molecule has 4 heterocycles. The van der Waals surface area contributed by atoms with Crippen molar-refractivity contribution in [1.29, 1.82) is 0 Å². The molecular formula is C21H24N8O2. The number of hydrogen-bond donors (Lipinski definition) is 1. The second-order valence-corrected chi connectivity index (χ2v) is 8.17. The lowest BCUT2D eigenvalue weighted by molar-refractivity contribution is -0.120. The minimum Gasteiger partial charge on any atom is -0.337 e. The molecule has 0 saturated heterocycles. The van der Waals surface area contributed by atoms with Gasteiger partial charge in [-0.15, -0.1) is 5.10 Å². The molecule has 10 heteroatoms. The largest absolute Gasteiger partial charge is 0.337 e. The standard InChI is InChI=1S/C21H24N8O2/c1-13-4-3-5-15(23-13)11-28-12-22-19(26-28)20(30)24-16-8-9-29-18(27(2)21(16)31)10-17(25-29)14-6-7-14/h3-5,10,12,14,16H,6-9,11H2,1-2H3,(H,24,30). The van der Waals surface area contributed by atoms with Crippen LogP contribution in [0.4, 0.5) is 5.82 Å². The Morgan fingerprint density at radius 1 is 1.23 bits per heavy atom. The van der Waals surface area contributed by atoms with Gasteiger partial charge in [-0.2, -0.15) is 5.10 Å². The molecule has 1 fully saturated rings. The molecule has 31 heavy (non-hydrogen) atoms. The van der Waals surface area contributed by atoms with E-state index in [1.165, 1.54) is 6.33 Å². The van der Waals surface area contributed by atoms with E-state index in [-0.39, 0.29) is 11.7 Å². The van der Waals surface area contributed by atoms with Gasteiger partial charge in [0.2, 0.25) is 5.82 Å². The number of hydrogen-bond acceptors (Lipinski definition) is 6. The first-order valence-corrected chi connectivity index (χ1v) is 10.5. The van der Waals surface area contributed by atoms with Crippen LogP contribution in [0.2, 0.25) is 0 Å². The van der Waals surface area contributed by atoms with Crippen LogP contribution in [0.1, 0.15) is 52.9 Å². The molecule has 10 nitrogen and oxygen atoms in total. The van der Waals surface area contributed by atoms with Gasteiger partial charge in [0.15, 0.2) is 0 Å². The fraction of sp³-hybridized carbons (Fsp3) is 0.429. The lowest BCUT2D eigenvalue weighted by Crippen LogP contribution is -2.47. The topological polar surface area (TPSA) is 111 Å². The third kappa shape index (κ3) is 3.92. The molecule has 0 spiro atoms. The summed E-state index contributed by atoms with van der Waals surface area (Å²) in [6.07, 6.45) is 4.27. The summed E-state index contributed by atoms with van der Waals surface area (Å²) in [5.41, 5.74) is 2.79. The maximum Gasteiger partial charge on any atom is 0.291 e. The molecule has 1 unspecified atom stereocenters. The third-order valence-electron chi connectivity index (χ3n) is 5.69. The molecule has 5 rings (SSSR count). The van der Waals surface area contributed by atoms with Crippen LogP contribution in [-0.2, 0) is 17.9 Å². The molecule has 1 aliphatic heterocycles. The molecule has 2 aliphatic rings. The van der Waals surface area contributed by atoms with Gasteiger partial charge in [-0.1, -0.05) is 6.07 Å². The van der Waals surface area contributed by atoms with Gasteiger partial charge in [0.05, 0.1) is 17.9 Å². The van der Waals surface area contributed by atoms with Gasteiger partial charge in [-0.3, -0.25) is 19.5 Å². The zero-order chi connectivity index (χ0) is 21.5. The molecule has 3 aromatic rings. The number of rotatable bonds is 5. The number of aromatic nitrogens is 6. The second-order valence-electron chi connectivity index (χ2n) is 8.17. The van der Waals surface area contributed by atoms with Gasteiger partial charge in [-0.05, 0) is 38.3 Å². The van der Waals surface area contributed by atoms with Crippen LogP contribution in [-0.4, -0.2) is 54.4 Å². The average Bonchev–Trinajstić information content (AvgIpc) is 3.37. The summed E-state index contributed by atoms with van der Waals surface area (Å²) in [7, 11) is 1.72. The van der Waals surface area contributed by atoms with Gasteiger partial charge in [0, 0.05) is 31.3 Å². The summed E-state index contributed by atoms with van der Waals surface area (Å²) in [6.45, 7) is 2.89. The number of pyridine rings is 1. The fourth-order valence-corrected chi connectivity index (χ4v) is 3.85. The first-order valence-electron chi connectivity index (χ1n) is 10.5. The van der Waals surface area contributed by atoms with Crippen molar-refractivity contribution in [3.63, 3.8) is 0 Å². The van der Waals surface area contributed by atoms with Crippen molar-refractivity contribution in [1.82, 2.24) is 34.8 Å². The normalized spacial score (nSPS) is 18.6. The predicted octanol–water partition coefficient (Wildman–Crippen LogP) is 1.27. The molecule has 0 radical (unpaired) electrons. The van der Waals surface area contributed by atoms with Gasteiger partial charge in [-0.25, -0.2) is 14.3 Å². The van der Waals surface area contributed by atoms with Crippen molar-refractivity contribution in [2.75, 3.05) is 11.9 Å². The minimum atomic E-state index is -0.658. The number of carbonyl (C=O) groups excluding carboxylic acids is 2. The lowest BCUT2D eigenvalue weighted by atomic mass is 10.2. The minimum absolute atomic E-state index is 0.0288. The molecule has 1 N–H and O–H groups in total. The SMILES string of the molecule is Cc1cccc(Cn2cnc(C(=O)NC3CCn4nc(C5CC5)cc4N(C)C3=O)n2)n1.